The summed E-state index contributed by atoms with van der Waals surface area (Å²) in [6.07, 6.45) is 3.59. The van der Waals surface area contributed by atoms with E-state index in [0.29, 0.717) is 38.9 Å². The molecule has 0 bridgehead atoms. The van der Waals surface area contributed by atoms with Crippen molar-refractivity contribution in [2.75, 3.05) is 0 Å². The molecule has 0 saturated heterocycles. The largest absolute Gasteiger partial charge is 0.456 e. The van der Waals surface area contributed by atoms with Crippen molar-refractivity contribution in [3.8, 4) is 67.5 Å². The first-order chi connectivity index (χ1) is 22.7. The highest BCUT2D eigenvalue weighted by Crippen LogP contribution is 2.60. The molecule has 7 aromatic rings. The fourth-order valence-corrected chi connectivity index (χ4v) is 9.64. The van der Waals surface area contributed by atoms with Crippen LogP contribution in [0.1, 0.15) is 0 Å². The Hall–Kier alpha value is -5.70. The van der Waals surface area contributed by atoms with Crippen molar-refractivity contribution in [2.45, 2.75) is 0 Å². The van der Waals surface area contributed by atoms with Crippen LogP contribution in [-0.4, -0.2) is 4.98 Å². The van der Waals surface area contributed by atoms with E-state index in [0.717, 1.165) is 44.5 Å². The Morgan fingerprint density at radius 2 is 0.978 bits per heavy atom. The molecule has 0 spiro atoms. The van der Waals surface area contributed by atoms with Crippen LogP contribution in [0, 0.1) is 0 Å². The zero-order valence-electron chi connectivity index (χ0n) is 24.6. The van der Waals surface area contributed by atoms with Gasteiger partial charge >= 0.3 is 0 Å². The lowest BCUT2D eigenvalue weighted by Gasteiger charge is -2.36. The van der Waals surface area contributed by atoms with Crippen LogP contribution in [0.15, 0.2) is 158 Å². The summed E-state index contributed by atoms with van der Waals surface area (Å²) in [6, 6.07) is 48.7. The SMILES string of the molecule is O=P12c3ccc(-c4ccccc4)cc3Oc3ccc(-c4cccc(-c5ccncc5)c4)c(c31)Oc1cc(-c3ccccc3)ccc12. The second-order valence-corrected chi connectivity index (χ2v) is 14.1. The normalized spacial score (nSPS) is 15.5. The molecule has 1 unspecified atom stereocenters. The number of fused-ring (bicyclic) bond motifs is 4. The summed E-state index contributed by atoms with van der Waals surface area (Å²) in [5.74, 6) is 2.34. The molecule has 46 heavy (non-hydrogen) atoms. The molecule has 0 saturated carbocycles. The molecule has 0 radical (unpaired) electrons. The molecular weight excluding hydrogens is 585 g/mol. The van der Waals surface area contributed by atoms with Gasteiger partial charge < -0.3 is 14.0 Å². The van der Waals surface area contributed by atoms with Crippen LogP contribution < -0.4 is 25.4 Å². The van der Waals surface area contributed by atoms with E-state index >= 15 is 4.57 Å². The molecule has 1 aromatic heterocycles. The van der Waals surface area contributed by atoms with Crippen molar-refractivity contribution >= 4 is 23.1 Å². The fraction of sp³-hybridized carbons (Fsp3) is 0. The van der Waals surface area contributed by atoms with Gasteiger partial charge in [0.25, 0.3) is 0 Å². The summed E-state index contributed by atoms with van der Waals surface area (Å²) in [5, 5.41) is 1.97. The lowest BCUT2D eigenvalue weighted by atomic mass is 9.98. The Morgan fingerprint density at radius 3 is 1.63 bits per heavy atom. The van der Waals surface area contributed by atoms with Crippen molar-refractivity contribution in [2.24, 2.45) is 0 Å². The third kappa shape index (κ3) is 4.15. The maximum atomic E-state index is 15.9. The first-order valence-corrected chi connectivity index (χ1v) is 16.9. The zero-order valence-corrected chi connectivity index (χ0v) is 25.5. The first-order valence-electron chi connectivity index (χ1n) is 15.2. The van der Waals surface area contributed by atoms with Crippen molar-refractivity contribution in [3.05, 3.63) is 158 Å². The molecule has 2 aliphatic rings. The molecule has 1 atom stereocenters. The molecule has 3 heterocycles. The third-order valence-corrected chi connectivity index (χ3v) is 12.0. The van der Waals surface area contributed by atoms with Crippen LogP contribution >= 0.6 is 7.14 Å². The van der Waals surface area contributed by atoms with E-state index < -0.39 is 7.14 Å². The third-order valence-electron chi connectivity index (χ3n) is 8.84. The Morgan fingerprint density at radius 1 is 0.435 bits per heavy atom. The molecule has 4 nitrogen and oxygen atoms in total. The Balaban J connectivity index is 1.27. The van der Waals surface area contributed by atoms with Gasteiger partial charge in [-0.25, -0.2) is 0 Å². The van der Waals surface area contributed by atoms with Crippen LogP contribution in [0.5, 0.6) is 23.0 Å². The van der Waals surface area contributed by atoms with E-state index in [2.05, 4.69) is 47.4 Å². The number of rotatable bonds is 4. The van der Waals surface area contributed by atoms with Gasteiger partial charge in [0.1, 0.15) is 28.3 Å². The molecule has 9 rings (SSSR count). The Labute approximate surface area is 266 Å². The van der Waals surface area contributed by atoms with Gasteiger partial charge in [0.15, 0.2) is 7.14 Å². The molecule has 0 fully saturated rings. The molecule has 218 valence electrons. The Kier molecular flexibility index (Phi) is 6.06. The number of pyridine rings is 1. The van der Waals surface area contributed by atoms with Gasteiger partial charge in [0, 0.05) is 18.0 Å². The number of ether oxygens (including phenoxy) is 2. The van der Waals surface area contributed by atoms with E-state index in [1.807, 2.05) is 103 Å². The van der Waals surface area contributed by atoms with Gasteiger partial charge in [-0.05, 0) is 93.5 Å². The number of aromatic nitrogens is 1. The van der Waals surface area contributed by atoms with Crippen LogP contribution in [-0.2, 0) is 4.57 Å². The summed E-state index contributed by atoms with van der Waals surface area (Å²) in [4.78, 5) is 4.18. The summed E-state index contributed by atoms with van der Waals surface area (Å²) in [7, 11) is -3.41. The number of hydrogen-bond acceptors (Lipinski definition) is 4. The molecule has 5 heteroatoms. The number of hydrogen-bond donors (Lipinski definition) is 0. The van der Waals surface area contributed by atoms with E-state index in [1.165, 1.54) is 0 Å². The topological polar surface area (TPSA) is 48.4 Å². The monoisotopic (exact) mass is 611 g/mol. The van der Waals surface area contributed by atoms with E-state index in [1.54, 1.807) is 12.4 Å². The van der Waals surface area contributed by atoms with Crippen molar-refractivity contribution < 1.29 is 14.0 Å². The van der Waals surface area contributed by atoms with Crippen LogP contribution in [0.3, 0.4) is 0 Å². The second-order valence-electron chi connectivity index (χ2n) is 11.5. The second kappa shape index (κ2) is 10.4. The maximum Gasteiger partial charge on any atom is 0.185 e. The summed E-state index contributed by atoms with van der Waals surface area (Å²) in [5.41, 5.74) is 8.10. The van der Waals surface area contributed by atoms with Crippen LogP contribution in [0.2, 0.25) is 0 Å². The minimum atomic E-state index is -3.41. The van der Waals surface area contributed by atoms with Gasteiger partial charge in [-0.2, -0.15) is 0 Å². The average molecular weight is 612 g/mol. The van der Waals surface area contributed by atoms with Gasteiger partial charge in [-0.1, -0.05) is 91.0 Å². The minimum absolute atomic E-state index is 0.558. The summed E-state index contributed by atoms with van der Waals surface area (Å²) < 4.78 is 29.4. The Bertz CT molecular complexity index is 2320. The highest BCUT2D eigenvalue weighted by molar-refractivity contribution is 7.86. The lowest BCUT2D eigenvalue weighted by molar-refractivity contribution is 0.463. The van der Waals surface area contributed by atoms with Crippen LogP contribution in [0.25, 0.3) is 44.5 Å². The predicted octanol–water partition coefficient (Wildman–Crippen LogP) is 9.60. The van der Waals surface area contributed by atoms with Crippen molar-refractivity contribution in [3.63, 3.8) is 0 Å². The average Bonchev–Trinajstić information content (AvgIpc) is 3.12. The standard InChI is InChI=1S/C41H26NO3P/c43-46-38-18-14-31(27-8-3-1-4-9-27)25-36(38)44-35-17-16-34(33-13-7-12-30(24-33)29-20-22-42-23-21-29)40(41(35)46)45-37-26-32(15-19-39(37)46)28-10-5-2-6-11-28/h1-26H. The van der Waals surface area contributed by atoms with Crippen molar-refractivity contribution in [1.82, 2.24) is 4.98 Å². The van der Waals surface area contributed by atoms with Gasteiger partial charge in [-0.3, -0.25) is 4.98 Å². The fourth-order valence-electron chi connectivity index (χ4n) is 6.61. The van der Waals surface area contributed by atoms with Crippen molar-refractivity contribution in [1.29, 1.82) is 0 Å². The molecule has 0 amide bonds. The van der Waals surface area contributed by atoms with Gasteiger partial charge in [-0.15, -0.1) is 0 Å². The molecule has 2 aliphatic heterocycles. The lowest BCUT2D eigenvalue weighted by Crippen LogP contribution is -2.35. The molecule has 0 aliphatic carbocycles. The quantitative estimate of drug-likeness (QED) is 0.186. The first kappa shape index (κ1) is 26.7. The molecule has 6 aromatic carbocycles. The molecule has 0 N–H and O–H groups in total. The highest BCUT2D eigenvalue weighted by Gasteiger charge is 2.47. The van der Waals surface area contributed by atoms with Gasteiger partial charge in [0.2, 0.25) is 0 Å². The van der Waals surface area contributed by atoms with E-state index in [4.69, 9.17) is 9.47 Å². The predicted molar refractivity (Wildman–Crippen MR) is 186 cm³/mol. The number of benzene rings is 6. The highest BCUT2D eigenvalue weighted by atomic mass is 31.2. The summed E-state index contributed by atoms with van der Waals surface area (Å²) >= 11 is 0. The van der Waals surface area contributed by atoms with Crippen LogP contribution in [0.4, 0.5) is 0 Å². The zero-order chi connectivity index (χ0) is 30.7. The van der Waals surface area contributed by atoms with E-state index in [-0.39, 0.29) is 0 Å². The minimum Gasteiger partial charge on any atom is -0.456 e. The van der Waals surface area contributed by atoms with E-state index in [9.17, 15) is 0 Å². The van der Waals surface area contributed by atoms with Gasteiger partial charge in [0.05, 0.1) is 10.6 Å². The number of nitrogens with zero attached hydrogens (tertiary/aromatic N) is 1. The smallest absolute Gasteiger partial charge is 0.185 e. The molecular formula is C41H26NO3P. The maximum absolute atomic E-state index is 15.9. The summed E-state index contributed by atoms with van der Waals surface area (Å²) in [6.45, 7) is 0.